The Morgan fingerprint density at radius 1 is 1.40 bits per heavy atom. The summed E-state index contributed by atoms with van der Waals surface area (Å²) in [4.78, 5) is 15.9. The first-order chi connectivity index (χ1) is 9.40. The lowest BCUT2D eigenvalue weighted by Crippen LogP contribution is -2.40. The number of hydrogen-bond acceptors (Lipinski definition) is 4. The zero-order valence-corrected chi connectivity index (χ0v) is 13.8. The van der Waals surface area contributed by atoms with Crippen molar-refractivity contribution in [2.75, 3.05) is 25.4 Å². The van der Waals surface area contributed by atoms with E-state index >= 15 is 0 Å². The number of aliphatic imine (C=N–C) groups is 1. The summed E-state index contributed by atoms with van der Waals surface area (Å²) in [6, 6.07) is 0. The van der Waals surface area contributed by atoms with E-state index in [1.807, 2.05) is 39.5 Å². The number of nitrogens with one attached hydrogen (secondary N) is 2. The summed E-state index contributed by atoms with van der Waals surface area (Å²) in [5.74, 6) is 1.63. The van der Waals surface area contributed by atoms with Gasteiger partial charge in [0.05, 0.1) is 0 Å². The Kier molecular flexibility index (Phi) is 7.19. The minimum absolute atomic E-state index is 0.0460. The average Bonchev–Trinajstić information content (AvgIpc) is 2.83. The summed E-state index contributed by atoms with van der Waals surface area (Å²) >= 11 is 2.00. The fraction of sp³-hybridized carbons (Fsp3) is 0.857. The molecule has 0 aromatic rings. The smallest absolute Gasteiger partial charge is 0.328 e. The lowest BCUT2D eigenvalue weighted by Gasteiger charge is -2.19. The monoisotopic (exact) mass is 301 g/mol. The molecule has 6 heteroatoms. The van der Waals surface area contributed by atoms with Gasteiger partial charge in [-0.05, 0) is 46.3 Å². The molecule has 1 aliphatic heterocycles. The van der Waals surface area contributed by atoms with E-state index in [2.05, 4.69) is 15.6 Å². The second-order valence-electron chi connectivity index (χ2n) is 5.80. The SMILES string of the molecule is CCNC(=NCC(=O)OC(C)(C)C)NCC1CCCS1. The van der Waals surface area contributed by atoms with Crippen molar-refractivity contribution in [2.45, 2.75) is 51.4 Å². The molecule has 20 heavy (non-hydrogen) atoms. The molecule has 1 unspecified atom stereocenters. The molecule has 0 radical (unpaired) electrons. The number of thioether (sulfide) groups is 1. The van der Waals surface area contributed by atoms with Gasteiger partial charge in [-0.2, -0.15) is 11.8 Å². The van der Waals surface area contributed by atoms with Gasteiger partial charge in [-0.3, -0.25) is 4.79 Å². The van der Waals surface area contributed by atoms with Gasteiger partial charge in [0.25, 0.3) is 0 Å². The molecule has 0 saturated carbocycles. The van der Waals surface area contributed by atoms with Crippen molar-refractivity contribution >= 4 is 23.7 Å². The molecule has 1 saturated heterocycles. The number of hydrogen-bond donors (Lipinski definition) is 2. The van der Waals surface area contributed by atoms with Crippen LogP contribution in [0.4, 0.5) is 0 Å². The molecule has 1 atom stereocenters. The first-order valence-corrected chi connectivity index (χ1v) is 8.31. The van der Waals surface area contributed by atoms with Crippen molar-refractivity contribution in [3.05, 3.63) is 0 Å². The average molecular weight is 301 g/mol. The molecule has 1 rings (SSSR count). The second-order valence-corrected chi connectivity index (χ2v) is 7.21. The van der Waals surface area contributed by atoms with E-state index in [0.29, 0.717) is 11.2 Å². The molecule has 116 valence electrons. The molecule has 0 aromatic heterocycles. The van der Waals surface area contributed by atoms with E-state index < -0.39 is 5.60 Å². The van der Waals surface area contributed by atoms with Crippen LogP contribution < -0.4 is 10.6 Å². The highest BCUT2D eigenvalue weighted by atomic mass is 32.2. The number of rotatable bonds is 5. The molecule has 2 N–H and O–H groups in total. The van der Waals surface area contributed by atoms with Crippen LogP contribution in [0.2, 0.25) is 0 Å². The predicted molar refractivity (Wildman–Crippen MR) is 85.3 cm³/mol. The summed E-state index contributed by atoms with van der Waals surface area (Å²) in [5, 5.41) is 7.09. The van der Waals surface area contributed by atoms with Crippen molar-refractivity contribution in [1.82, 2.24) is 10.6 Å². The molecule has 1 heterocycles. The fourth-order valence-electron chi connectivity index (χ4n) is 1.87. The maximum Gasteiger partial charge on any atom is 0.328 e. The normalized spacial score (nSPS) is 19.8. The fourth-order valence-corrected chi connectivity index (χ4v) is 3.08. The number of carbonyl (C=O) groups is 1. The van der Waals surface area contributed by atoms with Gasteiger partial charge in [-0.25, -0.2) is 4.99 Å². The van der Waals surface area contributed by atoms with E-state index in [4.69, 9.17) is 4.74 Å². The third-order valence-electron chi connectivity index (χ3n) is 2.65. The molecular formula is C14H27N3O2S. The van der Waals surface area contributed by atoms with Gasteiger partial charge in [0.2, 0.25) is 0 Å². The highest BCUT2D eigenvalue weighted by molar-refractivity contribution is 8.00. The van der Waals surface area contributed by atoms with Gasteiger partial charge >= 0.3 is 5.97 Å². The van der Waals surface area contributed by atoms with Crippen molar-refractivity contribution in [3.63, 3.8) is 0 Å². The Balaban J connectivity index is 2.38. The molecular weight excluding hydrogens is 274 g/mol. The lowest BCUT2D eigenvalue weighted by atomic mass is 10.2. The van der Waals surface area contributed by atoms with Crippen LogP contribution in [0.5, 0.6) is 0 Å². The standard InChI is InChI=1S/C14H27N3O2S/c1-5-15-13(16-9-11-7-6-8-20-11)17-10-12(18)19-14(2,3)4/h11H,5-10H2,1-4H3,(H2,15,16,17). The maximum atomic E-state index is 11.6. The minimum atomic E-state index is -0.459. The van der Waals surface area contributed by atoms with E-state index in [-0.39, 0.29) is 12.5 Å². The first kappa shape index (κ1) is 17.1. The minimum Gasteiger partial charge on any atom is -0.459 e. The Bertz CT molecular complexity index is 334. The molecule has 5 nitrogen and oxygen atoms in total. The molecule has 0 amide bonds. The molecule has 1 fully saturated rings. The maximum absolute atomic E-state index is 11.6. The Morgan fingerprint density at radius 3 is 2.70 bits per heavy atom. The molecule has 0 aromatic carbocycles. The van der Waals surface area contributed by atoms with E-state index in [9.17, 15) is 4.79 Å². The Morgan fingerprint density at radius 2 is 2.15 bits per heavy atom. The topological polar surface area (TPSA) is 62.7 Å². The quantitative estimate of drug-likeness (QED) is 0.460. The molecule has 1 aliphatic rings. The summed E-state index contributed by atoms with van der Waals surface area (Å²) < 4.78 is 5.24. The molecule has 0 aliphatic carbocycles. The summed E-state index contributed by atoms with van der Waals surface area (Å²) in [6.45, 7) is 9.29. The van der Waals surface area contributed by atoms with Gasteiger partial charge in [-0.1, -0.05) is 0 Å². The van der Waals surface area contributed by atoms with E-state index in [0.717, 1.165) is 13.1 Å². The largest absolute Gasteiger partial charge is 0.459 e. The highest BCUT2D eigenvalue weighted by Gasteiger charge is 2.17. The van der Waals surface area contributed by atoms with Gasteiger partial charge in [0.15, 0.2) is 5.96 Å². The van der Waals surface area contributed by atoms with E-state index in [1.54, 1.807) is 0 Å². The van der Waals surface area contributed by atoms with Crippen LogP contribution in [0.3, 0.4) is 0 Å². The van der Waals surface area contributed by atoms with Crippen LogP contribution in [0.15, 0.2) is 4.99 Å². The Hall–Kier alpha value is -0.910. The summed E-state index contributed by atoms with van der Waals surface area (Å²) in [6.07, 6.45) is 2.55. The van der Waals surface area contributed by atoms with Gasteiger partial charge < -0.3 is 15.4 Å². The third-order valence-corrected chi connectivity index (χ3v) is 4.05. The molecule has 0 spiro atoms. The van der Waals surface area contributed by atoms with Crippen LogP contribution >= 0.6 is 11.8 Å². The van der Waals surface area contributed by atoms with Crippen LogP contribution in [0, 0.1) is 0 Å². The summed E-state index contributed by atoms with van der Waals surface area (Å²) in [5.41, 5.74) is -0.459. The zero-order valence-electron chi connectivity index (χ0n) is 13.0. The van der Waals surface area contributed by atoms with Crippen LogP contribution in [-0.2, 0) is 9.53 Å². The van der Waals surface area contributed by atoms with Gasteiger partial charge in [0.1, 0.15) is 12.1 Å². The Labute approximate surface area is 126 Å². The van der Waals surface area contributed by atoms with Crippen molar-refractivity contribution in [1.29, 1.82) is 0 Å². The van der Waals surface area contributed by atoms with Gasteiger partial charge in [-0.15, -0.1) is 0 Å². The van der Waals surface area contributed by atoms with Crippen molar-refractivity contribution in [2.24, 2.45) is 4.99 Å². The number of nitrogens with zero attached hydrogens (tertiary/aromatic N) is 1. The van der Waals surface area contributed by atoms with Crippen LogP contribution in [0.1, 0.15) is 40.5 Å². The van der Waals surface area contributed by atoms with E-state index in [1.165, 1.54) is 18.6 Å². The number of guanidine groups is 1. The zero-order chi connectivity index (χ0) is 15.0. The van der Waals surface area contributed by atoms with Crippen LogP contribution in [-0.4, -0.2) is 48.2 Å². The number of ether oxygens (including phenoxy) is 1. The second kappa shape index (κ2) is 8.39. The van der Waals surface area contributed by atoms with Crippen LogP contribution in [0.25, 0.3) is 0 Å². The first-order valence-electron chi connectivity index (χ1n) is 7.26. The highest BCUT2D eigenvalue weighted by Crippen LogP contribution is 2.25. The molecule has 0 bridgehead atoms. The van der Waals surface area contributed by atoms with Crippen molar-refractivity contribution in [3.8, 4) is 0 Å². The lowest BCUT2D eigenvalue weighted by molar-refractivity contribution is -0.152. The third kappa shape index (κ3) is 7.62. The number of carbonyl (C=O) groups excluding carboxylic acids is 1. The van der Waals surface area contributed by atoms with Gasteiger partial charge in [0, 0.05) is 18.3 Å². The van der Waals surface area contributed by atoms with Crippen molar-refractivity contribution < 1.29 is 9.53 Å². The number of esters is 1. The predicted octanol–water partition coefficient (Wildman–Crippen LogP) is 1.78. The summed E-state index contributed by atoms with van der Waals surface area (Å²) in [7, 11) is 0.